The van der Waals surface area contributed by atoms with Crippen LogP contribution >= 0.6 is 0 Å². The van der Waals surface area contributed by atoms with Crippen molar-refractivity contribution in [2.75, 3.05) is 0 Å². The van der Waals surface area contributed by atoms with Crippen molar-refractivity contribution in [1.29, 1.82) is 0 Å². The van der Waals surface area contributed by atoms with Crippen LogP contribution in [0.4, 0.5) is 0 Å². The summed E-state index contributed by atoms with van der Waals surface area (Å²) in [4.78, 5) is 14.6. The van der Waals surface area contributed by atoms with E-state index in [1.165, 1.54) is 6.07 Å². The monoisotopic (exact) mass is 586 g/mol. The summed E-state index contributed by atoms with van der Waals surface area (Å²) in [5, 5.41) is 3.78. The SMILES string of the molecule is [2H]c1cc2c(oc3c([2H])c([2H])c([2H])c(-c4nc(-c5ccc6ccccc6c5)nc(-c5ccc6cc(-c7c([2H])c([2H])c([2H])c([2H])c7[2H])ccc6c5)n4)c32)c([2H])c1[2H]. The molecule has 0 fully saturated rings. The van der Waals surface area contributed by atoms with Crippen molar-refractivity contribution in [1.82, 2.24) is 15.0 Å². The molecule has 0 aliphatic carbocycles. The maximum Gasteiger partial charge on any atom is 0.164 e. The summed E-state index contributed by atoms with van der Waals surface area (Å²) in [5.74, 6) is 0.464. The molecule has 9 aromatic rings. The van der Waals surface area contributed by atoms with Gasteiger partial charge in [-0.1, -0.05) is 121 Å². The second-order valence-corrected chi connectivity index (χ2v) is 10.5. The third kappa shape index (κ3) is 4.43. The van der Waals surface area contributed by atoms with Crippen molar-refractivity contribution >= 4 is 43.5 Å². The molecule has 0 saturated carbocycles. The molecule has 9 rings (SSSR count). The Morgan fingerprint density at radius 2 is 1.04 bits per heavy atom. The first-order chi connectivity index (χ1) is 26.8. The Bertz CT molecular complexity index is 3150. The van der Waals surface area contributed by atoms with Gasteiger partial charge in [-0.25, -0.2) is 15.0 Å². The lowest BCUT2D eigenvalue weighted by atomic mass is 10.00. The number of rotatable bonds is 4. The van der Waals surface area contributed by atoms with Gasteiger partial charge in [-0.2, -0.15) is 0 Å². The molecular formula is C41H25N3O. The van der Waals surface area contributed by atoms with E-state index in [9.17, 15) is 0 Å². The molecule has 2 heterocycles. The normalized spacial score (nSPS) is 15.0. The largest absolute Gasteiger partial charge is 0.456 e. The van der Waals surface area contributed by atoms with Crippen molar-refractivity contribution < 1.29 is 19.5 Å². The van der Waals surface area contributed by atoms with Crippen molar-refractivity contribution in [3.05, 3.63) is 151 Å². The second-order valence-electron chi connectivity index (χ2n) is 10.5. The van der Waals surface area contributed by atoms with Crippen LogP contribution in [0.15, 0.2) is 156 Å². The van der Waals surface area contributed by atoms with Gasteiger partial charge in [0, 0.05) is 27.5 Å². The van der Waals surface area contributed by atoms with Gasteiger partial charge in [0.25, 0.3) is 0 Å². The maximum atomic E-state index is 9.10. The third-order valence-corrected chi connectivity index (χ3v) is 7.78. The predicted molar refractivity (Wildman–Crippen MR) is 184 cm³/mol. The van der Waals surface area contributed by atoms with E-state index in [4.69, 9.17) is 34.4 Å². The second kappa shape index (κ2) is 10.2. The first kappa shape index (κ1) is 16.6. The van der Waals surface area contributed by atoms with Crippen molar-refractivity contribution in [3.8, 4) is 45.3 Å². The molecule has 0 spiro atoms. The van der Waals surface area contributed by atoms with E-state index in [1.807, 2.05) is 48.5 Å². The van der Waals surface area contributed by atoms with E-state index in [0.717, 1.165) is 21.5 Å². The highest BCUT2D eigenvalue weighted by molar-refractivity contribution is 6.11. The highest BCUT2D eigenvalue weighted by Crippen LogP contribution is 2.37. The Labute approximate surface area is 274 Å². The summed E-state index contributed by atoms with van der Waals surface area (Å²) in [6.07, 6.45) is 0. The van der Waals surface area contributed by atoms with E-state index >= 15 is 0 Å². The molecular weight excluding hydrogens is 550 g/mol. The minimum absolute atomic E-state index is 0.00555. The Morgan fingerprint density at radius 1 is 0.444 bits per heavy atom. The fourth-order valence-electron chi connectivity index (χ4n) is 5.60. The Hall–Kier alpha value is -6.13. The standard InChI is InChI=1S/C41H25N3O/c1-2-9-26(10-3-1)29-18-19-31-25-33(22-20-30(31)23-29)40-42-39(32-21-17-27-11-4-5-12-28(27)24-32)43-41(44-40)35-14-8-16-37-38(35)34-13-6-7-15-36(34)45-37/h1-25H/i1D,2D,3D,6D,7D,8D,9D,10D,14D,15D,16D. The number of nitrogens with zero attached hydrogens (tertiary/aromatic N) is 3. The molecule has 4 heteroatoms. The minimum Gasteiger partial charge on any atom is -0.456 e. The Morgan fingerprint density at radius 3 is 1.82 bits per heavy atom. The molecule has 2 aromatic heterocycles. The van der Waals surface area contributed by atoms with Crippen LogP contribution in [0.1, 0.15) is 15.1 Å². The fraction of sp³-hybridized carbons (Fsp3) is 0. The highest BCUT2D eigenvalue weighted by Gasteiger charge is 2.18. The van der Waals surface area contributed by atoms with Crippen LogP contribution in [0, 0.1) is 0 Å². The summed E-state index contributed by atoms with van der Waals surface area (Å²) in [6.45, 7) is 0. The fourth-order valence-corrected chi connectivity index (χ4v) is 5.60. The molecule has 0 saturated heterocycles. The van der Waals surface area contributed by atoms with E-state index in [-0.39, 0.29) is 92.8 Å². The number of aromatic nitrogens is 3. The third-order valence-electron chi connectivity index (χ3n) is 7.78. The number of hydrogen-bond acceptors (Lipinski definition) is 4. The van der Waals surface area contributed by atoms with Gasteiger partial charge >= 0.3 is 0 Å². The van der Waals surface area contributed by atoms with Crippen LogP contribution in [-0.4, -0.2) is 15.0 Å². The molecule has 0 aliphatic rings. The molecule has 0 amide bonds. The van der Waals surface area contributed by atoms with Crippen LogP contribution in [-0.2, 0) is 0 Å². The topological polar surface area (TPSA) is 51.8 Å². The molecule has 0 aliphatic heterocycles. The van der Waals surface area contributed by atoms with Gasteiger partial charge < -0.3 is 4.42 Å². The molecule has 0 bridgehead atoms. The number of benzene rings is 7. The highest BCUT2D eigenvalue weighted by atomic mass is 16.3. The summed E-state index contributed by atoms with van der Waals surface area (Å²) >= 11 is 0. The van der Waals surface area contributed by atoms with Crippen molar-refractivity contribution in [2.45, 2.75) is 0 Å². The summed E-state index contributed by atoms with van der Waals surface area (Å²) in [5.41, 5.74) is 1.65. The molecule has 4 nitrogen and oxygen atoms in total. The van der Waals surface area contributed by atoms with Gasteiger partial charge in [-0.3, -0.25) is 0 Å². The molecule has 0 atom stereocenters. The van der Waals surface area contributed by atoms with Gasteiger partial charge in [0.15, 0.2) is 17.5 Å². The van der Waals surface area contributed by atoms with E-state index in [1.54, 1.807) is 30.3 Å². The molecule has 0 radical (unpaired) electrons. The van der Waals surface area contributed by atoms with Gasteiger partial charge in [0.1, 0.15) is 11.2 Å². The van der Waals surface area contributed by atoms with Crippen LogP contribution in [0.3, 0.4) is 0 Å². The number of hydrogen-bond donors (Lipinski definition) is 0. The first-order valence-electron chi connectivity index (χ1n) is 19.6. The van der Waals surface area contributed by atoms with E-state index in [2.05, 4.69) is 0 Å². The molecule has 7 aromatic carbocycles. The van der Waals surface area contributed by atoms with Gasteiger partial charge in [-0.05, 0) is 63.0 Å². The van der Waals surface area contributed by atoms with Crippen LogP contribution < -0.4 is 0 Å². The van der Waals surface area contributed by atoms with Crippen molar-refractivity contribution in [2.24, 2.45) is 0 Å². The van der Waals surface area contributed by atoms with Gasteiger partial charge in [0.2, 0.25) is 0 Å². The zero-order valence-corrected chi connectivity index (χ0v) is 23.3. The van der Waals surface area contributed by atoms with Crippen LogP contribution in [0.5, 0.6) is 0 Å². The number of para-hydroxylation sites is 1. The lowest BCUT2D eigenvalue weighted by molar-refractivity contribution is 0.669. The quantitative estimate of drug-likeness (QED) is 0.206. The summed E-state index contributed by atoms with van der Waals surface area (Å²) in [7, 11) is 0. The lowest BCUT2D eigenvalue weighted by Gasteiger charge is -2.11. The van der Waals surface area contributed by atoms with Crippen LogP contribution in [0.25, 0.3) is 88.8 Å². The predicted octanol–water partition coefficient (Wildman–Crippen LogP) is 10.7. The Kier molecular flexibility index (Phi) is 3.79. The first-order valence-corrected chi connectivity index (χ1v) is 14.1. The maximum absolute atomic E-state index is 9.10. The summed E-state index contributed by atoms with van der Waals surface area (Å²) in [6, 6.07) is 21.5. The van der Waals surface area contributed by atoms with E-state index < -0.39 is 24.2 Å². The zero-order chi connectivity index (χ0) is 39.3. The van der Waals surface area contributed by atoms with Crippen LogP contribution in [0.2, 0.25) is 0 Å². The molecule has 45 heavy (non-hydrogen) atoms. The number of furan rings is 1. The van der Waals surface area contributed by atoms with Gasteiger partial charge in [0.05, 0.1) is 15.1 Å². The lowest BCUT2D eigenvalue weighted by Crippen LogP contribution is -2.00. The Balaban J connectivity index is 1.28. The minimum atomic E-state index is -0.466. The smallest absolute Gasteiger partial charge is 0.164 e. The molecule has 0 unspecified atom stereocenters. The molecule has 0 N–H and O–H groups in total. The van der Waals surface area contributed by atoms with Crippen molar-refractivity contribution in [3.63, 3.8) is 0 Å². The average molecular weight is 587 g/mol. The average Bonchev–Trinajstić information content (AvgIpc) is 3.59. The van der Waals surface area contributed by atoms with E-state index in [0.29, 0.717) is 16.7 Å². The summed E-state index contributed by atoms with van der Waals surface area (Å²) < 4.78 is 98.6. The zero-order valence-electron chi connectivity index (χ0n) is 34.3. The number of fused-ring (bicyclic) bond motifs is 5. The van der Waals surface area contributed by atoms with Gasteiger partial charge in [-0.15, -0.1) is 0 Å². The molecule has 210 valence electrons.